The fourth-order valence-electron chi connectivity index (χ4n) is 5.34. The maximum absolute atomic E-state index is 6.24. The van der Waals surface area contributed by atoms with Crippen molar-refractivity contribution >= 4 is 45.0 Å². The molecular formula is C34H29BN2O2. The topological polar surface area (TPSA) is 44.2 Å². The van der Waals surface area contributed by atoms with Crippen LogP contribution in [0.2, 0.25) is 0 Å². The smallest absolute Gasteiger partial charge is 0.399 e. The quantitative estimate of drug-likeness (QED) is 0.183. The third-order valence-corrected chi connectivity index (χ3v) is 8.32. The van der Waals surface area contributed by atoms with E-state index in [9.17, 15) is 0 Å². The van der Waals surface area contributed by atoms with E-state index in [4.69, 9.17) is 19.3 Å². The van der Waals surface area contributed by atoms with Gasteiger partial charge in [-0.2, -0.15) is 0 Å². The van der Waals surface area contributed by atoms with E-state index in [1.807, 2.05) is 12.1 Å². The molecule has 4 nitrogen and oxygen atoms in total. The van der Waals surface area contributed by atoms with Crippen molar-refractivity contribution in [3.05, 3.63) is 103 Å². The molecule has 39 heavy (non-hydrogen) atoms. The predicted molar refractivity (Wildman–Crippen MR) is 161 cm³/mol. The number of hydrogen-bond acceptors (Lipinski definition) is 4. The van der Waals surface area contributed by atoms with Gasteiger partial charge in [-0.15, -0.1) is 0 Å². The molecule has 0 saturated carbocycles. The van der Waals surface area contributed by atoms with Gasteiger partial charge in [-0.1, -0.05) is 91.0 Å². The minimum Gasteiger partial charge on any atom is -0.399 e. The Hall–Kier alpha value is -4.06. The number of hydrogen-bond donors (Lipinski definition) is 0. The van der Waals surface area contributed by atoms with Gasteiger partial charge in [0.25, 0.3) is 0 Å². The first-order valence-corrected chi connectivity index (χ1v) is 13.4. The van der Waals surface area contributed by atoms with Crippen LogP contribution in [0.25, 0.3) is 55.1 Å². The lowest BCUT2D eigenvalue weighted by molar-refractivity contribution is 0.00578. The predicted octanol–water partition coefficient (Wildman–Crippen LogP) is 7.57. The van der Waals surface area contributed by atoms with Crippen LogP contribution in [0.3, 0.4) is 0 Å². The summed E-state index contributed by atoms with van der Waals surface area (Å²) >= 11 is 0. The van der Waals surface area contributed by atoms with Crippen molar-refractivity contribution in [2.45, 2.75) is 38.9 Å². The molecular weight excluding hydrogens is 479 g/mol. The Morgan fingerprint density at radius 2 is 1.15 bits per heavy atom. The van der Waals surface area contributed by atoms with Gasteiger partial charge in [0.2, 0.25) is 0 Å². The van der Waals surface area contributed by atoms with Crippen molar-refractivity contribution in [2.75, 3.05) is 0 Å². The van der Waals surface area contributed by atoms with Crippen LogP contribution in [0.5, 0.6) is 0 Å². The van der Waals surface area contributed by atoms with Crippen molar-refractivity contribution in [2.24, 2.45) is 0 Å². The van der Waals surface area contributed by atoms with Crippen LogP contribution in [0, 0.1) is 0 Å². The Morgan fingerprint density at radius 3 is 1.90 bits per heavy atom. The maximum Gasteiger partial charge on any atom is 0.494 e. The molecule has 0 bridgehead atoms. The molecule has 0 radical (unpaired) electrons. The molecule has 6 aromatic rings. The highest BCUT2D eigenvalue weighted by Crippen LogP contribution is 2.37. The second kappa shape index (κ2) is 8.73. The first-order valence-electron chi connectivity index (χ1n) is 13.4. The molecule has 190 valence electrons. The maximum atomic E-state index is 6.24. The highest BCUT2D eigenvalue weighted by atomic mass is 16.7. The lowest BCUT2D eigenvalue weighted by Gasteiger charge is -2.32. The molecule has 1 aliphatic heterocycles. The average Bonchev–Trinajstić information content (AvgIpc) is 3.18. The van der Waals surface area contributed by atoms with E-state index in [0.29, 0.717) is 5.82 Å². The van der Waals surface area contributed by atoms with Crippen LogP contribution < -0.4 is 5.46 Å². The van der Waals surface area contributed by atoms with E-state index in [1.54, 1.807) is 0 Å². The molecule has 7 rings (SSSR count). The molecule has 2 heterocycles. The van der Waals surface area contributed by atoms with Crippen molar-refractivity contribution in [1.82, 2.24) is 9.97 Å². The molecule has 5 heteroatoms. The molecule has 0 unspecified atom stereocenters. The van der Waals surface area contributed by atoms with Crippen molar-refractivity contribution in [3.8, 4) is 22.6 Å². The number of rotatable bonds is 3. The van der Waals surface area contributed by atoms with Gasteiger partial charge in [-0.05, 0) is 66.8 Å². The molecule has 0 atom stereocenters. The third-order valence-electron chi connectivity index (χ3n) is 8.32. The zero-order valence-electron chi connectivity index (χ0n) is 22.6. The summed E-state index contributed by atoms with van der Waals surface area (Å²) in [6, 6.07) is 36.0. The van der Waals surface area contributed by atoms with Crippen LogP contribution in [0.1, 0.15) is 27.7 Å². The summed E-state index contributed by atoms with van der Waals surface area (Å²) in [4.78, 5) is 10.1. The molecule has 1 fully saturated rings. The molecule has 0 spiro atoms. The molecule has 0 N–H and O–H groups in total. The highest BCUT2D eigenvalue weighted by Gasteiger charge is 2.51. The van der Waals surface area contributed by atoms with Gasteiger partial charge < -0.3 is 9.31 Å². The highest BCUT2D eigenvalue weighted by molar-refractivity contribution is 6.62. The molecule has 1 aromatic heterocycles. The van der Waals surface area contributed by atoms with Gasteiger partial charge in [-0.3, -0.25) is 0 Å². The van der Waals surface area contributed by atoms with Gasteiger partial charge in [0.05, 0.1) is 22.4 Å². The lowest BCUT2D eigenvalue weighted by Crippen LogP contribution is -2.41. The first-order chi connectivity index (χ1) is 18.8. The van der Waals surface area contributed by atoms with Gasteiger partial charge in [-0.25, -0.2) is 9.97 Å². The number of para-hydroxylation sites is 1. The monoisotopic (exact) mass is 508 g/mol. The largest absolute Gasteiger partial charge is 0.494 e. The van der Waals surface area contributed by atoms with Crippen molar-refractivity contribution in [3.63, 3.8) is 0 Å². The fourth-order valence-corrected chi connectivity index (χ4v) is 5.34. The van der Waals surface area contributed by atoms with E-state index < -0.39 is 7.12 Å². The van der Waals surface area contributed by atoms with Crippen LogP contribution >= 0.6 is 0 Å². The van der Waals surface area contributed by atoms with Crippen molar-refractivity contribution in [1.29, 1.82) is 0 Å². The van der Waals surface area contributed by atoms with Gasteiger partial charge in [0, 0.05) is 16.5 Å². The van der Waals surface area contributed by atoms with Crippen molar-refractivity contribution < 1.29 is 9.31 Å². The third kappa shape index (κ3) is 4.01. The van der Waals surface area contributed by atoms with E-state index in [-0.39, 0.29) is 11.2 Å². The minimum absolute atomic E-state index is 0.377. The van der Waals surface area contributed by atoms with Crippen LogP contribution in [0.4, 0.5) is 0 Å². The number of fused-ring (bicyclic) bond motifs is 4. The normalized spacial score (nSPS) is 16.4. The second-order valence-electron chi connectivity index (χ2n) is 11.3. The SMILES string of the molecule is CC1(C)OB(c2ccc(-c3nc(-c4ccc5ccc6ccccc6c5c4)c4ccccc4n3)cc2)OC1(C)C. The summed E-state index contributed by atoms with van der Waals surface area (Å²) < 4.78 is 12.5. The van der Waals surface area contributed by atoms with E-state index in [0.717, 1.165) is 33.2 Å². The summed E-state index contributed by atoms with van der Waals surface area (Å²) in [5.41, 5.74) is 4.11. The summed E-state index contributed by atoms with van der Waals surface area (Å²) in [5.74, 6) is 0.696. The van der Waals surface area contributed by atoms with E-state index in [1.165, 1.54) is 21.5 Å². The van der Waals surface area contributed by atoms with E-state index in [2.05, 4.69) is 119 Å². The summed E-state index contributed by atoms with van der Waals surface area (Å²) in [5, 5.41) is 5.96. The Balaban J connectivity index is 1.33. The second-order valence-corrected chi connectivity index (χ2v) is 11.3. The van der Waals surface area contributed by atoms with Crippen LogP contribution in [-0.4, -0.2) is 28.3 Å². The zero-order valence-corrected chi connectivity index (χ0v) is 22.6. The first kappa shape index (κ1) is 24.0. The molecule has 0 aliphatic carbocycles. The summed E-state index contributed by atoms with van der Waals surface area (Å²) in [7, 11) is -0.399. The fraction of sp³-hybridized carbons (Fsp3) is 0.176. The Morgan fingerprint density at radius 1 is 0.564 bits per heavy atom. The minimum atomic E-state index is -0.399. The summed E-state index contributed by atoms with van der Waals surface area (Å²) in [6.45, 7) is 8.28. The summed E-state index contributed by atoms with van der Waals surface area (Å²) in [6.07, 6.45) is 0. The Kier molecular flexibility index (Phi) is 5.38. The Labute approximate surface area is 228 Å². The molecule has 5 aromatic carbocycles. The van der Waals surface area contributed by atoms with E-state index >= 15 is 0 Å². The number of benzene rings is 5. The van der Waals surface area contributed by atoms with Gasteiger partial charge in [0.15, 0.2) is 5.82 Å². The van der Waals surface area contributed by atoms with Gasteiger partial charge in [0.1, 0.15) is 0 Å². The number of nitrogens with zero attached hydrogens (tertiary/aromatic N) is 2. The van der Waals surface area contributed by atoms with Gasteiger partial charge >= 0.3 is 7.12 Å². The molecule has 1 saturated heterocycles. The molecule has 1 aliphatic rings. The zero-order chi connectivity index (χ0) is 26.8. The lowest BCUT2D eigenvalue weighted by atomic mass is 9.79. The van der Waals surface area contributed by atoms with Crippen LogP contribution in [-0.2, 0) is 9.31 Å². The number of aromatic nitrogens is 2. The van der Waals surface area contributed by atoms with Crippen LogP contribution in [0.15, 0.2) is 103 Å². The average molecular weight is 508 g/mol. The Bertz CT molecular complexity index is 1860. The molecule has 0 amide bonds. The standard InChI is InChI=1S/C34H29BN2O2/c1-33(2)34(3,4)39-35(38-33)26-19-17-24(18-20-26)32-36-30-12-8-7-11-28(30)31(37-32)25-16-15-23-14-13-22-9-5-6-10-27(22)29(23)21-25/h5-21H,1-4H3.